The van der Waals surface area contributed by atoms with E-state index in [0.717, 1.165) is 12.2 Å². The summed E-state index contributed by atoms with van der Waals surface area (Å²) in [6, 6.07) is 5.82. The standard InChI is InChI=1S/C16H16O7/c1-9(15(20)21)10-4-2-5-11(8-10)14(19)12(17)6-3-7-13(18)16(22)23/h2-9,14,18-19H,1H3,(H,20,21)(H,22,23)/p-2/b6-3-,13-7+. The Balaban J connectivity index is 2.91. The van der Waals surface area contributed by atoms with Crippen LogP contribution in [0.4, 0.5) is 0 Å². The number of carbonyl (C=O) groups excluding carboxylic acids is 2. The van der Waals surface area contributed by atoms with Crippen LogP contribution in [0.2, 0.25) is 0 Å². The number of ketones is 1. The zero-order valence-electron chi connectivity index (χ0n) is 12.1. The van der Waals surface area contributed by atoms with Crippen LogP contribution in [0.25, 0.3) is 0 Å². The van der Waals surface area contributed by atoms with E-state index in [2.05, 4.69) is 0 Å². The third-order valence-electron chi connectivity index (χ3n) is 3.07. The molecule has 0 aliphatic heterocycles. The van der Waals surface area contributed by atoms with Gasteiger partial charge < -0.3 is 25.2 Å². The Morgan fingerprint density at radius 1 is 1.17 bits per heavy atom. The molecule has 1 aromatic rings. The van der Waals surface area contributed by atoms with Gasteiger partial charge in [-0.15, -0.1) is 0 Å². The van der Waals surface area contributed by atoms with Gasteiger partial charge >= 0.3 is 5.97 Å². The summed E-state index contributed by atoms with van der Waals surface area (Å²) < 4.78 is 0. The van der Waals surface area contributed by atoms with Gasteiger partial charge in [-0.2, -0.15) is 0 Å². The molecule has 23 heavy (non-hydrogen) atoms. The van der Waals surface area contributed by atoms with E-state index < -0.39 is 35.5 Å². The number of carbonyl (C=O) groups is 3. The van der Waals surface area contributed by atoms with Gasteiger partial charge in [-0.3, -0.25) is 4.79 Å². The highest BCUT2D eigenvalue weighted by atomic mass is 16.4. The van der Waals surface area contributed by atoms with Crippen molar-refractivity contribution in [2.45, 2.75) is 18.9 Å². The smallest absolute Gasteiger partial charge is 0.320 e. The monoisotopic (exact) mass is 318 g/mol. The van der Waals surface area contributed by atoms with Crippen molar-refractivity contribution in [2.75, 3.05) is 0 Å². The van der Waals surface area contributed by atoms with E-state index in [0.29, 0.717) is 11.6 Å². The molecule has 122 valence electrons. The summed E-state index contributed by atoms with van der Waals surface area (Å²) in [5.41, 5.74) is 0.542. The van der Waals surface area contributed by atoms with Crippen molar-refractivity contribution >= 4 is 17.7 Å². The predicted octanol–water partition coefficient (Wildman–Crippen LogP) is -0.972. The van der Waals surface area contributed by atoms with E-state index in [1.165, 1.54) is 31.2 Å². The lowest BCUT2D eigenvalue weighted by Gasteiger charge is -2.15. The number of aliphatic carboxylic acids is 2. The van der Waals surface area contributed by atoms with Crippen molar-refractivity contribution in [1.29, 1.82) is 0 Å². The highest BCUT2D eigenvalue weighted by Crippen LogP contribution is 2.21. The van der Waals surface area contributed by atoms with E-state index in [1.54, 1.807) is 0 Å². The Kier molecular flexibility index (Phi) is 6.23. The average Bonchev–Trinajstić information content (AvgIpc) is 2.52. The topological polar surface area (TPSA) is 138 Å². The summed E-state index contributed by atoms with van der Waals surface area (Å²) in [7, 11) is 0. The molecule has 0 amide bonds. The summed E-state index contributed by atoms with van der Waals surface area (Å²) in [4.78, 5) is 32.9. The molecular formula is C16H14O7-2. The van der Waals surface area contributed by atoms with Crippen molar-refractivity contribution in [3.63, 3.8) is 0 Å². The van der Waals surface area contributed by atoms with Gasteiger partial charge in [0.2, 0.25) is 0 Å². The van der Waals surface area contributed by atoms with E-state index in [4.69, 9.17) is 5.11 Å². The Bertz CT molecular complexity index is 673. The molecule has 1 rings (SSSR count). The van der Waals surface area contributed by atoms with Crippen LogP contribution in [0.3, 0.4) is 0 Å². The number of aliphatic hydroxyl groups excluding tert-OH is 1. The molecule has 0 aliphatic rings. The van der Waals surface area contributed by atoms with E-state index in [1.807, 2.05) is 0 Å². The number of hydrogen-bond acceptors (Lipinski definition) is 6. The summed E-state index contributed by atoms with van der Waals surface area (Å²) in [6.45, 7) is 1.41. The van der Waals surface area contributed by atoms with Gasteiger partial charge in [0.25, 0.3) is 0 Å². The van der Waals surface area contributed by atoms with Crippen LogP contribution in [0.5, 0.6) is 0 Å². The number of carboxylic acid groups (broad SMARTS) is 2. The molecule has 0 saturated carbocycles. The van der Waals surface area contributed by atoms with Gasteiger partial charge in [-0.1, -0.05) is 43.3 Å². The predicted molar refractivity (Wildman–Crippen MR) is 74.7 cm³/mol. The number of allylic oxidation sites excluding steroid dienone is 2. The molecule has 2 N–H and O–H groups in total. The number of hydrogen-bond donors (Lipinski definition) is 2. The molecule has 0 fully saturated rings. The van der Waals surface area contributed by atoms with Gasteiger partial charge in [0.05, 0.1) is 0 Å². The second kappa shape index (κ2) is 7.90. The van der Waals surface area contributed by atoms with E-state index in [9.17, 15) is 29.7 Å². The molecule has 0 heterocycles. The minimum atomic E-state index is -1.66. The maximum Gasteiger partial charge on any atom is 0.320 e. The molecule has 2 unspecified atom stereocenters. The number of benzene rings is 1. The maximum atomic E-state index is 11.8. The second-order valence-corrected chi connectivity index (χ2v) is 4.71. The number of carboxylic acids is 2. The molecule has 7 heteroatoms. The number of rotatable bonds is 7. The molecule has 2 atom stereocenters. The van der Waals surface area contributed by atoms with Crippen LogP contribution in [0.15, 0.2) is 48.3 Å². The van der Waals surface area contributed by atoms with Crippen molar-refractivity contribution in [2.24, 2.45) is 0 Å². The molecular weight excluding hydrogens is 304 g/mol. The zero-order valence-corrected chi connectivity index (χ0v) is 12.1. The van der Waals surface area contributed by atoms with Crippen LogP contribution in [-0.4, -0.2) is 27.9 Å². The van der Waals surface area contributed by atoms with Crippen LogP contribution >= 0.6 is 0 Å². The molecule has 1 aromatic carbocycles. The first-order chi connectivity index (χ1) is 10.7. The van der Waals surface area contributed by atoms with Crippen LogP contribution in [-0.2, 0) is 14.4 Å². The Morgan fingerprint density at radius 2 is 1.78 bits per heavy atom. The normalized spacial score (nSPS) is 14.4. The minimum Gasteiger partial charge on any atom is -0.868 e. The Hall–Kier alpha value is -2.93. The van der Waals surface area contributed by atoms with Crippen LogP contribution in [0.1, 0.15) is 30.1 Å². The molecule has 0 spiro atoms. The van der Waals surface area contributed by atoms with Gasteiger partial charge in [0.1, 0.15) is 6.10 Å². The maximum absolute atomic E-state index is 11.8. The van der Waals surface area contributed by atoms with E-state index >= 15 is 0 Å². The van der Waals surface area contributed by atoms with Gasteiger partial charge in [0, 0.05) is 11.9 Å². The largest absolute Gasteiger partial charge is 0.868 e. The highest BCUT2D eigenvalue weighted by molar-refractivity contribution is 5.94. The quantitative estimate of drug-likeness (QED) is 0.374. The molecule has 0 saturated heterocycles. The highest BCUT2D eigenvalue weighted by Gasteiger charge is 2.16. The summed E-state index contributed by atoms with van der Waals surface area (Å²) >= 11 is 0. The summed E-state index contributed by atoms with van der Waals surface area (Å²) in [5.74, 6) is -5.84. The molecule has 0 aromatic heterocycles. The van der Waals surface area contributed by atoms with Crippen LogP contribution in [0, 0.1) is 0 Å². The summed E-state index contributed by atoms with van der Waals surface area (Å²) in [5, 5.41) is 39.9. The molecule has 7 nitrogen and oxygen atoms in total. The summed E-state index contributed by atoms with van der Waals surface area (Å²) in [6.07, 6.45) is 0.908. The first kappa shape index (κ1) is 18.1. The number of aliphatic hydroxyl groups is 1. The molecule has 0 radical (unpaired) electrons. The molecule has 0 aliphatic carbocycles. The molecule has 0 bridgehead atoms. The lowest BCUT2D eigenvalue weighted by Crippen LogP contribution is -2.28. The fourth-order valence-electron chi connectivity index (χ4n) is 1.69. The van der Waals surface area contributed by atoms with Gasteiger partial charge in [-0.05, 0) is 23.0 Å². The SMILES string of the molecule is CC(C(=O)[O-])c1cccc(C(O)C(=O)/C=C\C=C(\[O-])C(=O)O)c1. The zero-order chi connectivity index (χ0) is 17.6. The fraction of sp³-hybridized carbons (Fsp3) is 0.188. The lowest BCUT2D eigenvalue weighted by atomic mass is 9.96. The van der Waals surface area contributed by atoms with Gasteiger partial charge in [0.15, 0.2) is 5.78 Å². The van der Waals surface area contributed by atoms with Crippen LogP contribution < -0.4 is 10.2 Å². The van der Waals surface area contributed by atoms with Gasteiger partial charge in [-0.25, -0.2) is 4.79 Å². The van der Waals surface area contributed by atoms with Crippen molar-refractivity contribution < 1.29 is 34.8 Å². The Labute approximate surface area is 131 Å². The third-order valence-corrected chi connectivity index (χ3v) is 3.07. The fourth-order valence-corrected chi connectivity index (χ4v) is 1.69. The van der Waals surface area contributed by atoms with Crippen molar-refractivity contribution in [3.8, 4) is 0 Å². The van der Waals surface area contributed by atoms with Crippen molar-refractivity contribution in [1.82, 2.24) is 0 Å². The van der Waals surface area contributed by atoms with E-state index in [-0.39, 0.29) is 5.56 Å². The minimum absolute atomic E-state index is 0.176. The first-order valence-electron chi connectivity index (χ1n) is 6.55. The first-order valence-corrected chi connectivity index (χ1v) is 6.55. The average molecular weight is 318 g/mol. The lowest BCUT2D eigenvalue weighted by molar-refractivity contribution is -0.307. The second-order valence-electron chi connectivity index (χ2n) is 4.71. The third kappa shape index (κ3) is 5.08. The Morgan fingerprint density at radius 3 is 2.35 bits per heavy atom. The van der Waals surface area contributed by atoms with Crippen molar-refractivity contribution in [3.05, 3.63) is 59.4 Å².